The van der Waals surface area contributed by atoms with E-state index in [4.69, 9.17) is 10.5 Å². The van der Waals surface area contributed by atoms with E-state index in [1.807, 2.05) is 0 Å². The number of nitrogens with one attached hydrogen (secondary N) is 2. The second-order valence-corrected chi connectivity index (χ2v) is 7.78. The Morgan fingerprint density at radius 2 is 1.71 bits per heavy atom. The molecule has 2 heterocycles. The van der Waals surface area contributed by atoms with Crippen LogP contribution >= 0.6 is 0 Å². The highest BCUT2D eigenvalue weighted by Crippen LogP contribution is 2.28. The first-order valence-corrected chi connectivity index (χ1v) is 9.93. The van der Waals surface area contributed by atoms with E-state index in [9.17, 15) is 9.59 Å². The number of ether oxygens (including phenoxy) is 1. The highest BCUT2D eigenvalue weighted by molar-refractivity contribution is 5.97. The lowest BCUT2D eigenvalue weighted by molar-refractivity contribution is -0.133. The van der Waals surface area contributed by atoms with Gasteiger partial charge in [0, 0.05) is 51.5 Å². The van der Waals surface area contributed by atoms with E-state index < -0.39 is 5.91 Å². The fourth-order valence-electron chi connectivity index (χ4n) is 3.81. The SMILES string of the molecule is CN(C)C(=O)[C@H]1CC[C@H](Nc2nc(NC3CCOCC3)ncc2C(N)=O)CC1. The van der Waals surface area contributed by atoms with E-state index in [1.54, 1.807) is 19.0 Å². The molecule has 3 rings (SSSR count). The van der Waals surface area contributed by atoms with E-state index in [-0.39, 0.29) is 29.5 Å². The molecule has 1 saturated heterocycles. The summed E-state index contributed by atoms with van der Waals surface area (Å²) in [7, 11) is 3.58. The van der Waals surface area contributed by atoms with Crippen molar-refractivity contribution in [1.29, 1.82) is 0 Å². The van der Waals surface area contributed by atoms with E-state index in [0.717, 1.165) is 51.7 Å². The summed E-state index contributed by atoms with van der Waals surface area (Å²) >= 11 is 0. The number of aromatic nitrogens is 2. The first-order chi connectivity index (χ1) is 13.4. The van der Waals surface area contributed by atoms with Gasteiger partial charge >= 0.3 is 0 Å². The molecule has 9 heteroatoms. The topological polar surface area (TPSA) is 122 Å². The van der Waals surface area contributed by atoms with Gasteiger partial charge in [-0.3, -0.25) is 9.59 Å². The zero-order valence-electron chi connectivity index (χ0n) is 16.6. The van der Waals surface area contributed by atoms with Crippen LogP contribution < -0.4 is 16.4 Å². The van der Waals surface area contributed by atoms with Crippen LogP contribution in [0.15, 0.2) is 6.20 Å². The lowest BCUT2D eigenvalue weighted by atomic mass is 9.85. The molecule has 0 radical (unpaired) electrons. The molecule has 154 valence electrons. The van der Waals surface area contributed by atoms with Crippen LogP contribution in [0.3, 0.4) is 0 Å². The van der Waals surface area contributed by atoms with Gasteiger partial charge in [-0.15, -0.1) is 0 Å². The molecule has 2 amide bonds. The average Bonchev–Trinajstić information content (AvgIpc) is 2.68. The number of primary amides is 1. The number of rotatable bonds is 6. The van der Waals surface area contributed by atoms with Crippen LogP contribution in [-0.4, -0.2) is 66.1 Å². The molecule has 0 aromatic carbocycles. The molecule has 0 bridgehead atoms. The van der Waals surface area contributed by atoms with Gasteiger partial charge in [-0.25, -0.2) is 4.98 Å². The Morgan fingerprint density at radius 3 is 2.32 bits per heavy atom. The summed E-state index contributed by atoms with van der Waals surface area (Å²) in [6.07, 6.45) is 6.59. The summed E-state index contributed by atoms with van der Waals surface area (Å²) in [5.41, 5.74) is 5.78. The molecule has 0 unspecified atom stereocenters. The van der Waals surface area contributed by atoms with Crippen LogP contribution in [0, 0.1) is 5.92 Å². The van der Waals surface area contributed by atoms with Crippen LogP contribution in [0.4, 0.5) is 11.8 Å². The second kappa shape index (κ2) is 9.18. The van der Waals surface area contributed by atoms with Crippen LogP contribution in [0.5, 0.6) is 0 Å². The van der Waals surface area contributed by atoms with Crippen molar-refractivity contribution in [3.05, 3.63) is 11.8 Å². The number of nitrogens with two attached hydrogens (primary N) is 1. The lowest BCUT2D eigenvalue weighted by Gasteiger charge is -2.30. The fraction of sp³-hybridized carbons (Fsp3) is 0.684. The molecule has 1 aromatic heterocycles. The highest BCUT2D eigenvalue weighted by Gasteiger charge is 2.28. The van der Waals surface area contributed by atoms with Crippen molar-refractivity contribution in [3.63, 3.8) is 0 Å². The smallest absolute Gasteiger partial charge is 0.254 e. The van der Waals surface area contributed by atoms with E-state index >= 15 is 0 Å². The first kappa shape index (κ1) is 20.3. The third-order valence-corrected chi connectivity index (χ3v) is 5.47. The molecule has 2 fully saturated rings. The molecule has 1 aromatic rings. The Kier molecular flexibility index (Phi) is 6.66. The molecule has 1 aliphatic heterocycles. The van der Waals surface area contributed by atoms with E-state index in [1.165, 1.54) is 6.20 Å². The number of amides is 2. The average molecular weight is 390 g/mol. The fourth-order valence-corrected chi connectivity index (χ4v) is 3.81. The maximum Gasteiger partial charge on any atom is 0.254 e. The lowest BCUT2D eigenvalue weighted by Crippen LogP contribution is -2.35. The molecular formula is C19H30N6O3. The summed E-state index contributed by atoms with van der Waals surface area (Å²) in [6, 6.07) is 0.406. The quantitative estimate of drug-likeness (QED) is 0.667. The molecule has 0 spiro atoms. The predicted octanol–water partition coefficient (Wildman–Crippen LogP) is 1.23. The number of carbonyl (C=O) groups is 2. The minimum absolute atomic E-state index is 0.0693. The summed E-state index contributed by atoms with van der Waals surface area (Å²) in [6.45, 7) is 1.44. The Labute approximate surface area is 165 Å². The highest BCUT2D eigenvalue weighted by atomic mass is 16.5. The largest absolute Gasteiger partial charge is 0.381 e. The first-order valence-electron chi connectivity index (χ1n) is 9.93. The van der Waals surface area contributed by atoms with E-state index in [0.29, 0.717) is 11.8 Å². The van der Waals surface area contributed by atoms with Crippen LogP contribution in [0.2, 0.25) is 0 Å². The van der Waals surface area contributed by atoms with Crippen molar-refractivity contribution in [2.24, 2.45) is 11.7 Å². The normalized spacial score (nSPS) is 23.1. The van der Waals surface area contributed by atoms with Crippen molar-refractivity contribution >= 4 is 23.6 Å². The van der Waals surface area contributed by atoms with Crippen molar-refractivity contribution in [1.82, 2.24) is 14.9 Å². The molecule has 1 aliphatic carbocycles. The van der Waals surface area contributed by atoms with Crippen molar-refractivity contribution < 1.29 is 14.3 Å². The van der Waals surface area contributed by atoms with Crippen molar-refractivity contribution in [2.75, 3.05) is 37.9 Å². The van der Waals surface area contributed by atoms with Gasteiger partial charge in [-0.1, -0.05) is 0 Å². The molecule has 9 nitrogen and oxygen atoms in total. The van der Waals surface area contributed by atoms with Gasteiger partial charge in [-0.05, 0) is 38.5 Å². The minimum atomic E-state index is -0.559. The molecule has 0 atom stereocenters. The summed E-state index contributed by atoms with van der Waals surface area (Å²) in [5, 5.41) is 6.67. The molecular weight excluding hydrogens is 360 g/mol. The van der Waals surface area contributed by atoms with Gasteiger partial charge in [0.1, 0.15) is 5.82 Å². The predicted molar refractivity (Wildman–Crippen MR) is 106 cm³/mol. The second-order valence-electron chi connectivity index (χ2n) is 7.78. The van der Waals surface area contributed by atoms with Crippen molar-refractivity contribution in [2.45, 2.75) is 50.6 Å². The molecule has 28 heavy (non-hydrogen) atoms. The van der Waals surface area contributed by atoms with Gasteiger partial charge in [0.25, 0.3) is 5.91 Å². The Hall–Kier alpha value is -2.42. The maximum atomic E-state index is 12.1. The number of anilines is 2. The van der Waals surface area contributed by atoms with Crippen LogP contribution in [0.1, 0.15) is 48.9 Å². The number of hydrogen-bond donors (Lipinski definition) is 3. The Balaban J connectivity index is 1.65. The third kappa shape index (κ3) is 5.09. The Bertz CT molecular complexity index is 697. The van der Waals surface area contributed by atoms with Gasteiger partial charge in [-0.2, -0.15) is 4.98 Å². The van der Waals surface area contributed by atoms with Gasteiger partial charge < -0.3 is 26.0 Å². The molecule has 1 saturated carbocycles. The van der Waals surface area contributed by atoms with Gasteiger partial charge in [0.05, 0.1) is 5.56 Å². The molecule has 2 aliphatic rings. The van der Waals surface area contributed by atoms with Gasteiger partial charge in [0.2, 0.25) is 11.9 Å². The zero-order valence-corrected chi connectivity index (χ0v) is 16.6. The standard InChI is InChI=1S/C19H30N6O3/c1-25(2)18(27)12-3-5-13(6-4-12)22-17-15(16(20)26)11-21-19(24-17)23-14-7-9-28-10-8-14/h11-14H,3-10H2,1-2H3,(H2,20,26)(H2,21,22,23,24)/t12-,13-. The number of nitrogens with zero attached hydrogens (tertiary/aromatic N) is 3. The summed E-state index contributed by atoms with van der Waals surface area (Å²) in [5.74, 6) is 0.632. The Morgan fingerprint density at radius 1 is 1.07 bits per heavy atom. The summed E-state index contributed by atoms with van der Waals surface area (Å²) < 4.78 is 5.37. The van der Waals surface area contributed by atoms with Crippen LogP contribution in [0.25, 0.3) is 0 Å². The third-order valence-electron chi connectivity index (χ3n) is 5.47. The summed E-state index contributed by atoms with van der Waals surface area (Å²) in [4.78, 5) is 34.4. The van der Waals surface area contributed by atoms with Crippen molar-refractivity contribution in [3.8, 4) is 0 Å². The molecule has 4 N–H and O–H groups in total. The zero-order chi connectivity index (χ0) is 20.1. The van der Waals surface area contributed by atoms with Crippen LogP contribution in [-0.2, 0) is 9.53 Å². The van der Waals surface area contributed by atoms with E-state index in [2.05, 4.69) is 20.6 Å². The number of carbonyl (C=O) groups excluding carboxylic acids is 2. The maximum absolute atomic E-state index is 12.1. The monoisotopic (exact) mass is 390 g/mol. The van der Waals surface area contributed by atoms with Gasteiger partial charge in [0.15, 0.2) is 0 Å². The number of hydrogen-bond acceptors (Lipinski definition) is 7. The minimum Gasteiger partial charge on any atom is -0.381 e.